The predicted molar refractivity (Wildman–Crippen MR) is 247 cm³/mol. The Morgan fingerprint density at radius 1 is 0.547 bits per heavy atom. The molecule has 0 aliphatic heterocycles. The van der Waals surface area contributed by atoms with E-state index >= 15 is 0 Å². The molecular formula is C50H52BBrF2O10. The summed E-state index contributed by atoms with van der Waals surface area (Å²) < 4.78 is 59.3. The lowest BCUT2D eigenvalue weighted by molar-refractivity contribution is -0.141. The second-order valence-electron chi connectivity index (χ2n) is 14.4. The minimum Gasteiger partial charge on any atom is -0.497 e. The van der Waals surface area contributed by atoms with Gasteiger partial charge in [0.2, 0.25) is 0 Å². The highest BCUT2D eigenvalue weighted by Crippen LogP contribution is 2.30. The lowest BCUT2D eigenvalue weighted by atomic mass is 9.80. The number of hydrogen-bond donors (Lipinski definition) is 2. The highest BCUT2D eigenvalue weighted by atomic mass is 79.9. The van der Waals surface area contributed by atoms with Gasteiger partial charge in [0.15, 0.2) is 0 Å². The zero-order valence-corrected chi connectivity index (χ0v) is 38.2. The van der Waals surface area contributed by atoms with Gasteiger partial charge in [0.05, 0.1) is 28.4 Å². The molecule has 0 unspecified atom stereocenters. The molecule has 14 heteroatoms. The molecule has 6 aromatic rings. The maximum absolute atomic E-state index is 14.3. The number of hydrogen-bond acceptors (Lipinski definition) is 10. The van der Waals surface area contributed by atoms with E-state index in [0.29, 0.717) is 56.0 Å². The molecule has 0 spiro atoms. The summed E-state index contributed by atoms with van der Waals surface area (Å²) in [4.78, 5) is 22.5. The Kier molecular flexibility index (Phi) is 20.3. The van der Waals surface area contributed by atoms with Crippen molar-refractivity contribution in [3.8, 4) is 34.1 Å². The maximum Gasteiger partial charge on any atom is 0.491 e. The van der Waals surface area contributed by atoms with Gasteiger partial charge in [-0.25, -0.2) is 8.78 Å². The number of carbonyl (C=O) groups excluding carboxylic acids is 2. The molecule has 6 aromatic carbocycles. The Balaban J connectivity index is 0.000000230. The van der Waals surface area contributed by atoms with Crippen molar-refractivity contribution in [3.05, 3.63) is 171 Å². The van der Waals surface area contributed by atoms with Crippen LogP contribution in [-0.4, -0.2) is 57.5 Å². The van der Waals surface area contributed by atoms with Crippen molar-refractivity contribution in [2.75, 3.05) is 28.4 Å². The molecule has 2 N–H and O–H groups in total. The van der Waals surface area contributed by atoms with Gasteiger partial charge in [-0.15, -0.1) is 0 Å². The van der Waals surface area contributed by atoms with E-state index in [0.717, 1.165) is 55.4 Å². The standard InChI is InChI=1S/C25H25FO4.C18H19BrO3.C7H8BFO3/c1-17-13-19(7-10-22(17)23-15-20(28-2)9-11-24(23)26)16-30-21-6-4-5-18(14-21)8-12-25(27)29-3;1-13-10-15(6-8-17(13)19)12-22-16-5-3-4-14(11-16)7-9-18(20)21-2;1-12-5-2-3-7(9)6(4-5)8(10)11/h4-7,9-11,13-15H,8,12,16H2,1-3H3;3-6,8,10-11H,7,9,12H2,1-2H3;2-4,10-11H,1H3. The van der Waals surface area contributed by atoms with Gasteiger partial charge in [-0.2, -0.15) is 0 Å². The topological polar surface area (TPSA) is 130 Å². The first-order valence-corrected chi connectivity index (χ1v) is 21.0. The van der Waals surface area contributed by atoms with Crippen LogP contribution in [0, 0.1) is 25.5 Å². The van der Waals surface area contributed by atoms with Gasteiger partial charge in [-0.1, -0.05) is 70.5 Å². The highest BCUT2D eigenvalue weighted by molar-refractivity contribution is 9.10. The Bertz CT molecular complexity index is 2460. The number of aryl methyl sites for hydroxylation is 4. The lowest BCUT2D eigenvalue weighted by Gasteiger charge is -2.12. The average molecular weight is 942 g/mol. The second-order valence-corrected chi connectivity index (χ2v) is 15.2. The van der Waals surface area contributed by atoms with Crippen LogP contribution in [0.5, 0.6) is 23.0 Å². The van der Waals surface area contributed by atoms with E-state index in [9.17, 15) is 18.4 Å². The third kappa shape index (κ3) is 16.2. The van der Waals surface area contributed by atoms with Crippen molar-refractivity contribution in [1.29, 1.82) is 0 Å². The highest BCUT2D eigenvalue weighted by Gasteiger charge is 2.17. The van der Waals surface area contributed by atoms with E-state index in [1.54, 1.807) is 19.2 Å². The minimum absolute atomic E-state index is 0.186. The molecule has 0 aliphatic rings. The molecule has 0 aliphatic carbocycles. The molecule has 0 heterocycles. The summed E-state index contributed by atoms with van der Waals surface area (Å²) in [5.74, 6) is 1.17. The predicted octanol–water partition coefficient (Wildman–Crippen LogP) is 9.45. The molecule has 64 heavy (non-hydrogen) atoms. The molecule has 0 saturated heterocycles. The van der Waals surface area contributed by atoms with E-state index in [4.69, 9.17) is 29.0 Å². The van der Waals surface area contributed by atoms with Crippen LogP contribution in [0.1, 0.15) is 46.2 Å². The van der Waals surface area contributed by atoms with E-state index in [2.05, 4.69) is 38.4 Å². The van der Waals surface area contributed by atoms with Gasteiger partial charge in [0, 0.05) is 28.3 Å². The van der Waals surface area contributed by atoms with Crippen LogP contribution in [0.3, 0.4) is 0 Å². The normalized spacial score (nSPS) is 10.3. The average Bonchev–Trinajstić information content (AvgIpc) is 3.30. The molecule has 0 saturated carbocycles. The van der Waals surface area contributed by atoms with Crippen molar-refractivity contribution < 1.29 is 56.8 Å². The number of ether oxygens (including phenoxy) is 6. The summed E-state index contributed by atoms with van der Waals surface area (Å²) in [6.45, 7) is 4.92. The summed E-state index contributed by atoms with van der Waals surface area (Å²) in [7, 11) is 3.97. The summed E-state index contributed by atoms with van der Waals surface area (Å²) in [6, 6.07) is 36.0. The van der Waals surface area contributed by atoms with Gasteiger partial charge < -0.3 is 38.5 Å². The molecule has 10 nitrogen and oxygen atoms in total. The van der Waals surface area contributed by atoms with E-state index in [1.807, 2.05) is 85.8 Å². The van der Waals surface area contributed by atoms with Gasteiger partial charge in [0.1, 0.15) is 47.8 Å². The molecule has 0 amide bonds. The third-order valence-electron chi connectivity index (χ3n) is 9.76. The van der Waals surface area contributed by atoms with Crippen LogP contribution in [-0.2, 0) is 45.1 Å². The molecule has 0 atom stereocenters. The minimum atomic E-state index is -1.81. The number of methoxy groups -OCH3 is 4. The number of esters is 2. The maximum atomic E-state index is 14.3. The Labute approximate surface area is 382 Å². The fraction of sp³-hybridized carbons (Fsp3) is 0.240. The number of rotatable bonds is 16. The van der Waals surface area contributed by atoms with Gasteiger partial charge in [0.25, 0.3) is 0 Å². The fourth-order valence-electron chi connectivity index (χ4n) is 6.21. The zero-order valence-electron chi connectivity index (χ0n) is 36.7. The van der Waals surface area contributed by atoms with Crippen molar-refractivity contribution in [2.24, 2.45) is 0 Å². The van der Waals surface area contributed by atoms with Crippen LogP contribution < -0.4 is 24.4 Å². The van der Waals surface area contributed by atoms with E-state index in [-0.39, 0.29) is 23.2 Å². The summed E-state index contributed by atoms with van der Waals surface area (Å²) >= 11 is 3.49. The summed E-state index contributed by atoms with van der Waals surface area (Å²) in [6.07, 6.45) is 1.97. The number of halogens is 3. The molecule has 0 radical (unpaired) electrons. The monoisotopic (exact) mass is 940 g/mol. The zero-order chi connectivity index (χ0) is 46.6. The molecule has 0 fully saturated rings. The van der Waals surface area contributed by atoms with E-state index < -0.39 is 12.9 Å². The van der Waals surface area contributed by atoms with Crippen molar-refractivity contribution in [1.82, 2.24) is 0 Å². The quantitative estimate of drug-likeness (QED) is 0.0716. The van der Waals surface area contributed by atoms with Crippen LogP contribution in [0.4, 0.5) is 8.78 Å². The Morgan fingerprint density at radius 2 is 1.05 bits per heavy atom. The smallest absolute Gasteiger partial charge is 0.491 e. The van der Waals surface area contributed by atoms with Gasteiger partial charge in [-0.3, -0.25) is 9.59 Å². The van der Waals surface area contributed by atoms with Crippen LogP contribution in [0.15, 0.2) is 126 Å². The number of benzene rings is 6. The van der Waals surface area contributed by atoms with Gasteiger partial charge in [-0.05, 0) is 132 Å². The Hall–Kier alpha value is -6.22. The fourth-order valence-corrected chi connectivity index (χ4v) is 6.46. The van der Waals surface area contributed by atoms with Crippen molar-refractivity contribution in [3.63, 3.8) is 0 Å². The number of carbonyl (C=O) groups is 2. The first kappa shape index (κ1) is 50.4. The second kappa shape index (κ2) is 25.8. The first-order valence-electron chi connectivity index (χ1n) is 20.2. The van der Waals surface area contributed by atoms with E-state index in [1.165, 1.54) is 45.1 Å². The van der Waals surface area contributed by atoms with Crippen molar-refractivity contribution in [2.45, 2.75) is 52.7 Å². The molecule has 0 aromatic heterocycles. The first-order chi connectivity index (χ1) is 30.7. The largest absolute Gasteiger partial charge is 0.497 e. The van der Waals surface area contributed by atoms with Gasteiger partial charge >= 0.3 is 19.1 Å². The van der Waals surface area contributed by atoms with Crippen LogP contribution in [0.25, 0.3) is 11.1 Å². The Morgan fingerprint density at radius 3 is 1.53 bits per heavy atom. The summed E-state index contributed by atoms with van der Waals surface area (Å²) in [5, 5.41) is 17.4. The van der Waals surface area contributed by atoms with Crippen molar-refractivity contribution >= 4 is 40.4 Å². The summed E-state index contributed by atoms with van der Waals surface area (Å²) in [5.41, 5.74) is 7.47. The van der Waals surface area contributed by atoms with Crippen LogP contribution >= 0.6 is 15.9 Å². The van der Waals surface area contributed by atoms with Crippen LogP contribution in [0.2, 0.25) is 0 Å². The molecule has 336 valence electrons. The lowest BCUT2D eigenvalue weighted by Crippen LogP contribution is -2.32. The SMILES string of the molecule is COC(=O)CCc1cccc(OCc2ccc(-c3cc(OC)ccc3F)c(C)c2)c1.COC(=O)CCc1cccc(OCc2ccc(Br)c(C)c2)c1.COc1ccc(F)c(B(O)O)c1. The molecule has 6 rings (SSSR count). The molecular weight excluding hydrogens is 889 g/mol. The third-order valence-corrected chi connectivity index (χ3v) is 10.6. The molecule has 0 bridgehead atoms.